The van der Waals surface area contributed by atoms with E-state index in [0.717, 1.165) is 4.31 Å². The number of anilines is 1. The first-order chi connectivity index (χ1) is 15.3. The van der Waals surface area contributed by atoms with Crippen molar-refractivity contribution in [2.75, 3.05) is 18.0 Å². The summed E-state index contributed by atoms with van der Waals surface area (Å²) in [5.74, 6) is -0.0134. The van der Waals surface area contributed by atoms with Crippen molar-refractivity contribution >= 4 is 39.4 Å². The van der Waals surface area contributed by atoms with E-state index in [1.165, 1.54) is 25.5 Å². The summed E-state index contributed by atoms with van der Waals surface area (Å²) in [5.41, 5.74) is 4.01. The van der Waals surface area contributed by atoms with E-state index in [9.17, 15) is 13.2 Å². The lowest BCUT2D eigenvalue weighted by atomic mass is 10.2. The van der Waals surface area contributed by atoms with Gasteiger partial charge in [-0.15, -0.1) is 0 Å². The minimum absolute atomic E-state index is 0.0691. The van der Waals surface area contributed by atoms with Gasteiger partial charge in [-0.3, -0.25) is 9.10 Å². The van der Waals surface area contributed by atoms with Crippen molar-refractivity contribution in [3.05, 3.63) is 88.9 Å². The molecule has 166 valence electrons. The molecule has 0 saturated heterocycles. The Bertz CT molecular complexity index is 1230. The zero-order valence-corrected chi connectivity index (χ0v) is 19.1. The van der Waals surface area contributed by atoms with Crippen LogP contribution in [0.5, 0.6) is 5.75 Å². The summed E-state index contributed by atoms with van der Waals surface area (Å²) in [5, 5.41) is 4.41. The number of ether oxygens (including phenoxy) is 1. The largest absolute Gasteiger partial charge is 0.496 e. The van der Waals surface area contributed by atoms with Crippen molar-refractivity contribution in [2.24, 2.45) is 5.10 Å². The first-order valence-electron chi connectivity index (χ1n) is 9.62. The highest BCUT2D eigenvalue weighted by molar-refractivity contribution is 7.92. The molecule has 0 aromatic heterocycles. The van der Waals surface area contributed by atoms with Gasteiger partial charge in [-0.2, -0.15) is 5.10 Å². The van der Waals surface area contributed by atoms with Crippen LogP contribution in [0.4, 0.5) is 5.69 Å². The number of nitrogens with zero attached hydrogens (tertiary/aromatic N) is 2. The van der Waals surface area contributed by atoms with Gasteiger partial charge in [0.1, 0.15) is 12.3 Å². The molecule has 0 aliphatic rings. The van der Waals surface area contributed by atoms with Crippen LogP contribution in [0.15, 0.2) is 82.8 Å². The fraction of sp³-hybridized carbons (Fsp3) is 0.130. The second-order valence-corrected chi connectivity index (χ2v) is 9.09. The number of hydrogen-bond donors (Lipinski definition) is 1. The predicted molar refractivity (Wildman–Crippen MR) is 126 cm³/mol. The molecule has 1 N–H and O–H groups in total. The molecule has 0 aliphatic carbocycles. The van der Waals surface area contributed by atoms with Gasteiger partial charge in [-0.1, -0.05) is 41.9 Å². The Morgan fingerprint density at radius 3 is 2.47 bits per heavy atom. The molecule has 0 aliphatic heterocycles. The highest BCUT2D eigenvalue weighted by Crippen LogP contribution is 2.28. The van der Waals surface area contributed by atoms with E-state index in [1.54, 1.807) is 55.5 Å². The number of para-hydroxylation sites is 1. The number of carbonyl (C=O) groups excluding carboxylic acids is 1. The van der Waals surface area contributed by atoms with Gasteiger partial charge in [0.25, 0.3) is 15.9 Å². The van der Waals surface area contributed by atoms with Crippen LogP contribution >= 0.6 is 11.6 Å². The molecule has 3 aromatic rings. The second kappa shape index (κ2) is 10.3. The standard InChI is InChI=1S/C23H22ClN3O4S/c1-17-14-19(24)12-13-21(17)27(32(29,30)20-9-4-3-5-10-20)16-23(28)26-25-15-18-8-6-7-11-22(18)31-2/h3-15H,16H2,1-2H3,(H,26,28)/b25-15-. The smallest absolute Gasteiger partial charge is 0.264 e. The summed E-state index contributed by atoms with van der Waals surface area (Å²) < 4.78 is 33.0. The summed E-state index contributed by atoms with van der Waals surface area (Å²) in [6, 6.07) is 19.9. The molecule has 0 spiro atoms. The Hall–Kier alpha value is -3.36. The van der Waals surface area contributed by atoms with Crippen LogP contribution in [-0.2, 0) is 14.8 Å². The highest BCUT2D eigenvalue weighted by atomic mass is 35.5. The van der Waals surface area contributed by atoms with Crippen molar-refractivity contribution < 1.29 is 17.9 Å². The summed E-state index contributed by atoms with van der Waals surface area (Å²) in [6.45, 7) is 1.26. The van der Waals surface area contributed by atoms with E-state index in [4.69, 9.17) is 16.3 Å². The number of methoxy groups -OCH3 is 1. The Morgan fingerprint density at radius 2 is 1.78 bits per heavy atom. The number of carbonyl (C=O) groups is 1. The second-order valence-electron chi connectivity index (χ2n) is 6.79. The van der Waals surface area contributed by atoms with E-state index in [-0.39, 0.29) is 4.90 Å². The highest BCUT2D eigenvalue weighted by Gasteiger charge is 2.28. The molecule has 0 atom stereocenters. The number of rotatable bonds is 8. The molecule has 1 amide bonds. The quantitative estimate of drug-likeness (QED) is 0.397. The summed E-state index contributed by atoms with van der Waals surface area (Å²) in [7, 11) is -2.48. The van der Waals surface area contributed by atoms with E-state index in [2.05, 4.69) is 10.5 Å². The fourth-order valence-electron chi connectivity index (χ4n) is 3.03. The third-order valence-electron chi connectivity index (χ3n) is 4.58. The molecule has 0 saturated carbocycles. The lowest BCUT2D eigenvalue weighted by Crippen LogP contribution is -2.40. The first-order valence-corrected chi connectivity index (χ1v) is 11.4. The molecular formula is C23H22ClN3O4S. The van der Waals surface area contributed by atoms with Crippen LogP contribution in [0.25, 0.3) is 0 Å². The predicted octanol–water partition coefficient (Wildman–Crippen LogP) is 4.00. The lowest BCUT2D eigenvalue weighted by molar-refractivity contribution is -0.119. The molecule has 0 unspecified atom stereocenters. The molecular weight excluding hydrogens is 450 g/mol. The van der Waals surface area contributed by atoms with Gasteiger partial charge in [0.2, 0.25) is 0 Å². The number of sulfonamides is 1. The Kier molecular flexibility index (Phi) is 7.50. The zero-order chi connectivity index (χ0) is 23.1. The monoisotopic (exact) mass is 471 g/mol. The van der Waals surface area contributed by atoms with Crippen molar-refractivity contribution in [3.8, 4) is 5.75 Å². The average Bonchev–Trinajstić information content (AvgIpc) is 2.79. The number of nitrogens with one attached hydrogen (secondary N) is 1. The van der Waals surface area contributed by atoms with Crippen LogP contribution in [0.1, 0.15) is 11.1 Å². The fourth-order valence-corrected chi connectivity index (χ4v) is 4.76. The van der Waals surface area contributed by atoms with Gasteiger partial charge in [0.15, 0.2) is 0 Å². The minimum atomic E-state index is -4.01. The number of amides is 1. The minimum Gasteiger partial charge on any atom is -0.496 e. The van der Waals surface area contributed by atoms with Gasteiger partial charge in [-0.05, 0) is 55.0 Å². The van der Waals surface area contributed by atoms with E-state index < -0.39 is 22.5 Å². The van der Waals surface area contributed by atoms with Gasteiger partial charge in [0, 0.05) is 10.6 Å². The molecule has 0 radical (unpaired) electrons. The Morgan fingerprint density at radius 1 is 1.09 bits per heavy atom. The molecule has 3 rings (SSSR count). The van der Waals surface area contributed by atoms with E-state index in [0.29, 0.717) is 27.6 Å². The number of hydrogen-bond acceptors (Lipinski definition) is 5. The van der Waals surface area contributed by atoms with Crippen LogP contribution in [0.2, 0.25) is 5.02 Å². The van der Waals surface area contributed by atoms with Gasteiger partial charge in [-0.25, -0.2) is 13.8 Å². The molecule has 0 fully saturated rings. The third kappa shape index (κ3) is 5.46. The van der Waals surface area contributed by atoms with Crippen molar-refractivity contribution in [1.82, 2.24) is 5.43 Å². The van der Waals surface area contributed by atoms with Crippen molar-refractivity contribution in [3.63, 3.8) is 0 Å². The van der Waals surface area contributed by atoms with Crippen LogP contribution < -0.4 is 14.5 Å². The Balaban J connectivity index is 1.87. The third-order valence-corrected chi connectivity index (χ3v) is 6.59. The summed E-state index contributed by atoms with van der Waals surface area (Å²) in [4.78, 5) is 12.7. The van der Waals surface area contributed by atoms with Gasteiger partial charge < -0.3 is 4.74 Å². The maximum atomic E-state index is 13.3. The Labute approximate surface area is 192 Å². The van der Waals surface area contributed by atoms with Crippen LogP contribution in [0, 0.1) is 6.92 Å². The molecule has 7 nitrogen and oxygen atoms in total. The van der Waals surface area contributed by atoms with Crippen LogP contribution in [0.3, 0.4) is 0 Å². The summed E-state index contributed by atoms with van der Waals surface area (Å²) in [6.07, 6.45) is 1.43. The lowest BCUT2D eigenvalue weighted by Gasteiger charge is -2.25. The molecule has 0 bridgehead atoms. The van der Waals surface area contributed by atoms with E-state index >= 15 is 0 Å². The number of hydrazone groups is 1. The zero-order valence-electron chi connectivity index (χ0n) is 17.5. The van der Waals surface area contributed by atoms with Crippen molar-refractivity contribution in [2.45, 2.75) is 11.8 Å². The topological polar surface area (TPSA) is 88.1 Å². The maximum absolute atomic E-state index is 13.3. The maximum Gasteiger partial charge on any atom is 0.264 e. The molecule has 0 heterocycles. The van der Waals surface area contributed by atoms with Gasteiger partial charge in [0.05, 0.1) is 23.9 Å². The van der Waals surface area contributed by atoms with Crippen molar-refractivity contribution in [1.29, 1.82) is 0 Å². The van der Waals surface area contributed by atoms with Gasteiger partial charge >= 0.3 is 0 Å². The number of halogens is 1. The van der Waals surface area contributed by atoms with Crippen LogP contribution in [-0.4, -0.2) is 34.2 Å². The summed E-state index contributed by atoms with van der Waals surface area (Å²) >= 11 is 6.03. The number of benzene rings is 3. The normalized spacial score (nSPS) is 11.3. The molecule has 3 aromatic carbocycles. The first kappa shape index (κ1) is 23.3. The SMILES string of the molecule is COc1ccccc1/C=N\NC(=O)CN(c1ccc(Cl)cc1C)S(=O)(=O)c1ccccc1. The van der Waals surface area contributed by atoms with E-state index in [1.807, 2.05) is 12.1 Å². The average molecular weight is 472 g/mol. The molecule has 9 heteroatoms. The molecule has 32 heavy (non-hydrogen) atoms. The number of aryl methyl sites for hydroxylation is 1.